The third-order valence-corrected chi connectivity index (χ3v) is 1.21. The molecule has 0 aromatic heterocycles. The predicted molar refractivity (Wildman–Crippen MR) is 40.4 cm³/mol. The number of aliphatic imine (C=N–C) groups is 1. The molecule has 0 bridgehead atoms. The van der Waals surface area contributed by atoms with Gasteiger partial charge >= 0.3 is 6.02 Å². The number of nitrogens with zero attached hydrogens (tertiary/aromatic N) is 2. The summed E-state index contributed by atoms with van der Waals surface area (Å²) in [4.78, 5) is 8.58. The third-order valence-electron chi connectivity index (χ3n) is 1.03. The topological polar surface area (TPSA) is 46.1 Å². The summed E-state index contributed by atoms with van der Waals surface area (Å²) in [5.74, 6) is 0. The number of amidine groups is 1. The summed E-state index contributed by atoms with van der Waals surface area (Å²) in [6, 6.07) is 0.291. The largest absolute Gasteiger partial charge is 0.467 e. The van der Waals surface area contributed by atoms with E-state index in [-0.39, 0.29) is 0 Å². The second kappa shape index (κ2) is 3.45. The predicted octanol–water partition coefficient (Wildman–Crippen LogP) is 0.408. The molecule has 62 valence electrons. The van der Waals surface area contributed by atoms with E-state index in [2.05, 4.69) is 10.4 Å². The van der Waals surface area contributed by atoms with E-state index in [1.165, 1.54) is 25.6 Å². The highest BCUT2D eigenvalue weighted by Gasteiger charge is 2.10. The lowest BCUT2D eigenvalue weighted by molar-refractivity contribution is -0.117. The zero-order chi connectivity index (χ0) is 8.27. The number of rotatable bonds is 1. The third kappa shape index (κ3) is 1.99. The smallest absolute Gasteiger partial charge is 0.311 e. The van der Waals surface area contributed by atoms with E-state index in [1.54, 1.807) is 0 Å². The van der Waals surface area contributed by atoms with Gasteiger partial charge in [-0.25, -0.2) is 5.43 Å². The van der Waals surface area contributed by atoms with Gasteiger partial charge in [0.15, 0.2) is 5.16 Å². The van der Waals surface area contributed by atoms with Crippen LogP contribution in [0.5, 0.6) is 0 Å². The number of ether oxygens (including phenoxy) is 1. The van der Waals surface area contributed by atoms with Crippen LogP contribution < -0.4 is 5.43 Å². The molecule has 1 aliphatic rings. The Morgan fingerprint density at radius 2 is 2.36 bits per heavy atom. The lowest BCUT2D eigenvalue weighted by atomic mass is 10.8. The Hall–Kier alpha value is -0.940. The molecule has 0 aliphatic carbocycles. The highest BCUT2D eigenvalue weighted by Crippen LogP contribution is 2.08. The van der Waals surface area contributed by atoms with Crippen LogP contribution in [0.1, 0.15) is 0 Å². The number of nitrogens with one attached hydrogen (secondary N) is 1. The lowest BCUT2D eigenvalue weighted by Crippen LogP contribution is -2.40. The minimum atomic E-state index is 0.291. The lowest BCUT2D eigenvalue weighted by Gasteiger charge is -2.22. The number of hydrogen-bond donors (Lipinski definition) is 1. The molecule has 1 aliphatic heterocycles. The minimum Gasteiger partial charge on any atom is -0.467 e. The molecular formula is C5H8ClN3O2. The van der Waals surface area contributed by atoms with Crippen LogP contribution in [0.2, 0.25) is 0 Å². The maximum Gasteiger partial charge on any atom is 0.311 e. The van der Waals surface area contributed by atoms with Gasteiger partial charge in [0.05, 0.1) is 20.4 Å². The van der Waals surface area contributed by atoms with E-state index in [1.807, 2.05) is 0 Å². The van der Waals surface area contributed by atoms with Crippen LogP contribution in [0.25, 0.3) is 0 Å². The molecular weight excluding hydrogens is 170 g/mol. The first-order valence-electron chi connectivity index (χ1n) is 2.86. The van der Waals surface area contributed by atoms with E-state index < -0.39 is 0 Å². The fraction of sp³-hybridized carbons (Fsp3) is 0.400. The first-order valence-corrected chi connectivity index (χ1v) is 3.24. The molecule has 0 aromatic rings. The highest BCUT2D eigenvalue weighted by atomic mass is 35.5. The van der Waals surface area contributed by atoms with Gasteiger partial charge in [-0.1, -0.05) is 11.6 Å². The average Bonchev–Trinajstić information content (AvgIpc) is 2.03. The van der Waals surface area contributed by atoms with Gasteiger partial charge in [0.2, 0.25) is 0 Å². The summed E-state index contributed by atoms with van der Waals surface area (Å²) in [6.07, 6.45) is 1.48. The van der Waals surface area contributed by atoms with Gasteiger partial charge in [-0.05, 0) is 0 Å². The highest BCUT2D eigenvalue weighted by molar-refractivity contribution is 6.30. The maximum absolute atomic E-state index is 5.60. The monoisotopic (exact) mass is 177 g/mol. The molecule has 0 saturated carbocycles. The van der Waals surface area contributed by atoms with Gasteiger partial charge in [-0.2, -0.15) is 10.2 Å². The van der Waals surface area contributed by atoms with Gasteiger partial charge in [-0.3, -0.25) is 4.84 Å². The summed E-state index contributed by atoms with van der Waals surface area (Å²) in [7, 11) is 2.97. The van der Waals surface area contributed by atoms with E-state index in [9.17, 15) is 0 Å². The number of hydrazine groups is 1. The normalized spacial score (nSPS) is 16.8. The molecule has 1 N–H and O–H groups in total. The van der Waals surface area contributed by atoms with Crippen molar-refractivity contribution in [3.05, 3.63) is 11.4 Å². The molecule has 6 heteroatoms. The van der Waals surface area contributed by atoms with Crippen molar-refractivity contribution in [1.82, 2.24) is 10.6 Å². The van der Waals surface area contributed by atoms with Gasteiger partial charge in [0.25, 0.3) is 0 Å². The van der Waals surface area contributed by atoms with Gasteiger partial charge in [-0.15, -0.1) is 0 Å². The molecule has 0 fully saturated rings. The number of halogens is 1. The Bertz CT molecular complexity index is 204. The second-order valence-electron chi connectivity index (χ2n) is 1.69. The van der Waals surface area contributed by atoms with Crippen LogP contribution >= 0.6 is 11.6 Å². The summed E-state index contributed by atoms with van der Waals surface area (Å²) >= 11 is 5.60. The summed E-state index contributed by atoms with van der Waals surface area (Å²) in [5, 5.41) is 1.58. The first kappa shape index (κ1) is 8.16. The zero-order valence-corrected chi connectivity index (χ0v) is 6.92. The van der Waals surface area contributed by atoms with Crippen molar-refractivity contribution < 1.29 is 9.57 Å². The maximum atomic E-state index is 5.60. The van der Waals surface area contributed by atoms with Crippen molar-refractivity contribution in [2.24, 2.45) is 4.99 Å². The Balaban J connectivity index is 2.67. The van der Waals surface area contributed by atoms with Crippen LogP contribution in [0.4, 0.5) is 0 Å². The molecule has 0 saturated heterocycles. The first-order chi connectivity index (χ1) is 5.26. The molecule has 11 heavy (non-hydrogen) atoms. The second-order valence-corrected chi connectivity index (χ2v) is 2.08. The van der Waals surface area contributed by atoms with Crippen molar-refractivity contribution in [2.45, 2.75) is 0 Å². The number of methoxy groups -OCH3 is 1. The van der Waals surface area contributed by atoms with Crippen molar-refractivity contribution in [2.75, 3.05) is 14.2 Å². The molecule has 1 rings (SSSR count). The Morgan fingerprint density at radius 3 is 2.91 bits per heavy atom. The molecule has 5 nitrogen and oxygen atoms in total. The average molecular weight is 178 g/mol. The molecule has 0 unspecified atom stereocenters. The van der Waals surface area contributed by atoms with Gasteiger partial charge in [0, 0.05) is 0 Å². The van der Waals surface area contributed by atoms with Crippen LogP contribution in [0.15, 0.2) is 16.3 Å². The number of hydrogen-bond acceptors (Lipinski definition) is 5. The van der Waals surface area contributed by atoms with Gasteiger partial charge < -0.3 is 4.74 Å². The SMILES string of the molecule is COC1=NC(Cl)=CN(OC)N1. The minimum absolute atomic E-state index is 0.291. The Labute approximate surface area is 69.2 Å². The van der Waals surface area contributed by atoms with E-state index >= 15 is 0 Å². The van der Waals surface area contributed by atoms with Crippen LogP contribution in [0.3, 0.4) is 0 Å². The zero-order valence-electron chi connectivity index (χ0n) is 6.17. The summed E-state index contributed by atoms with van der Waals surface area (Å²) in [5.41, 5.74) is 2.66. The molecule has 0 atom stereocenters. The molecule has 0 aromatic carbocycles. The summed E-state index contributed by atoms with van der Waals surface area (Å²) < 4.78 is 4.79. The van der Waals surface area contributed by atoms with E-state index in [4.69, 9.17) is 21.2 Å². The molecule has 1 heterocycles. The Morgan fingerprint density at radius 1 is 1.64 bits per heavy atom. The Kier molecular flexibility index (Phi) is 2.56. The van der Waals surface area contributed by atoms with Crippen molar-refractivity contribution >= 4 is 17.6 Å². The number of hydroxylamine groups is 1. The van der Waals surface area contributed by atoms with Gasteiger partial charge in [0.1, 0.15) is 0 Å². The van der Waals surface area contributed by atoms with Crippen molar-refractivity contribution in [3.8, 4) is 0 Å². The quantitative estimate of drug-likeness (QED) is 0.590. The standard InChI is InChI=1S/C5H8ClN3O2/c1-10-5-7-4(6)3-9(8-5)11-2/h3H,1-2H3,(H,7,8). The van der Waals surface area contributed by atoms with Crippen molar-refractivity contribution in [3.63, 3.8) is 0 Å². The molecule has 0 spiro atoms. The van der Waals surface area contributed by atoms with E-state index in [0.717, 1.165) is 0 Å². The summed E-state index contributed by atoms with van der Waals surface area (Å²) in [6.45, 7) is 0. The van der Waals surface area contributed by atoms with Crippen LogP contribution in [-0.4, -0.2) is 25.4 Å². The van der Waals surface area contributed by atoms with Crippen molar-refractivity contribution in [1.29, 1.82) is 0 Å². The fourth-order valence-corrected chi connectivity index (χ4v) is 0.729. The molecule has 0 radical (unpaired) electrons. The van der Waals surface area contributed by atoms with Crippen LogP contribution in [0, 0.1) is 0 Å². The molecule has 0 amide bonds. The van der Waals surface area contributed by atoms with E-state index in [0.29, 0.717) is 11.2 Å². The fourth-order valence-electron chi connectivity index (χ4n) is 0.564. The van der Waals surface area contributed by atoms with Crippen LogP contribution in [-0.2, 0) is 9.57 Å².